The van der Waals surface area contributed by atoms with Crippen molar-refractivity contribution in [2.75, 3.05) is 31.6 Å². The van der Waals surface area contributed by atoms with Crippen molar-refractivity contribution in [2.45, 2.75) is 37.8 Å². The number of ketones is 1. The third-order valence-corrected chi connectivity index (χ3v) is 7.64. The summed E-state index contributed by atoms with van der Waals surface area (Å²) in [7, 11) is 1.52. The first-order valence-electron chi connectivity index (χ1n) is 12.6. The first-order chi connectivity index (χ1) is 17.5. The lowest BCUT2D eigenvalue weighted by Crippen LogP contribution is -2.40. The lowest BCUT2D eigenvalue weighted by molar-refractivity contribution is 0.104. The average molecular weight is 489 g/mol. The van der Waals surface area contributed by atoms with E-state index < -0.39 is 17.0 Å². The van der Waals surface area contributed by atoms with Crippen LogP contribution in [0.25, 0.3) is 17.0 Å². The molecule has 1 N–H and O–H groups in total. The molecular weight excluding hydrogens is 459 g/mol. The van der Waals surface area contributed by atoms with Gasteiger partial charge in [0.1, 0.15) is 5.69 Å². The SMILES string of the molecule is COc1c(N2CC3CCCNC3C2)c(F)cc2c(=O)c(C(=O)C=Cc3cccnc3)cn(C3CC3)c12. The number of aromatic nitrogens is 2. The molecule has 3 aromatic rings. The first kappa shape index (κ1) is 22.9. The fourth-order valence-electron chi connectivity index (χ4n) is 5.71. The van der Waals surface area contributed by atoms with E-state index in [1.54, 1.807) is 30.7 Å². The maximum Gasteiger partial charge on any atom is 0.200 e. The van der Waals surface area contributed by atoms with Gasteiger partial charge in [-0.25, -0.2) is 4.39 Å². The third-order valence-electron chi connectivity index (χ3n) is 7.64. The molecule has 8 heteroatoms. The molecule has 1 aliphatic carbocycles. The zero-order valence-corrected chi connectivity index (χ0v) is 20.2. The maximum absolute atomic E-state index is 15.7. The number of pyridine rings is 2. The van der Waals surface area contributed by atoms with Crippen molar-refractivity contribution in [2.24, 2.45) is 5.92 Å². The number of fused-ring (bicyclic) bond motifs is 2. The molecule has 1 saturated carbocycles. The minimum atomic E-state index is -0.493. The molecule has 3 fully saturated rings. The van der Waals surface area contributed by atoms with Crippen LogP contribution in [0.2, 0.25) is 0 Å². The summed E-state index contributed by atoms with van der Waals surface area (Å²) in [5, 5.41) is 3.74. The molecule has 2 unspecified atom stereocenters. The summed E-state index contributed by atoms with van der Waals surface area (Å²) in [5.41, 5.74) is 1.28. The molecular formula is C28H29FN4O3. The Labute approximate surface area is 208 Å². The normalized spacial score (nSPS) is 21.8. The van der Waals surface area contributed by atoms with Crippen LogP contribution in [-0.4, -0.2) is 48.1 Å². The Morgan fingerprint density at radius 3 is 2.86 bits per heavy atom. The van der Waals surface area contributed by atoms with Crippen molar-refractivity contribution in [3.05, 3.63) is 70.0 Å². The van der Waals surface area contributed by atoms with Crippen LogP contribution < -0.4 is 20.4 Å². The smallest absolute Gasteiger partial charge is 0.200 e. The van der Waals surface area contributed by atoms with Gasteiger partial charge >= 0.3 is 0 Å². The van der Waals surface area contributed by atoms with Gasteiger partial charge in [-0.3, -0.25) is 14.6 Å². The molecule has 4 heterocycles. The van der Waals surface area contributed by atoms with Gasteiger partial charge in [-0.2, -0.15) is 0 Å². The largest absolute Gasteiger partial charge is 0.492 e. The molecule has 2 atom stereocenters. The predicted octanol–water partition coefficient (Wildman–Crippen LogP) is 3.96. The van der Waals surface area contributed by atoms with E-state index in [1.165, 1.54) is 19.3 Å². The van der Waals surface area contributed by atoms with Gasteiger partial charge in [-0.05, 0) is 68.0 Å². The minimum Gasteiger partial charge on any atom is -0.492 e. The standard InChI is InChI=1S/C28H29FN4O3/c1-36-28-25-20(12-22(29)26(28)32-14-18-5-3-11-31-23(18)16-32)27(35)21(15-33(25)19-7-8-19)24(34)9-6-17-4-2-10-30-13-17/h2,4,6,9-10,12-13,15,18-19,23,31H,3,5,7-8,11,14,16H2,1H3. The number of hydrogen-bond acceptors (Lipinski definition) is 6. The quantitative estimate of drug-likeness (QED) is 0.418. The van der Waals surface area contributed by atoms with Crippen LogP contribution >= 0.6 is 0 Å². The number of piperidine rings is 1. The Balaban J connectivity index is 1.46. The zero-order chi connectivity index (χ0) is 24.8. The second-order valence-corrected chi connectivity index (χ2v) is 10.00. The fraction of sp³-hybridized carbons (Fsp3) is 0.393. The molecule has 7 nitrogen and oxygen atoms in total. The van der Waals surface area contributed by atoms with Gasteiger partial charge in [0.05, 0.1) is 23.6 Å². The molecule has 3 aliphatic rings. The fourth-order valence-corrected chi connectivity index (χ4v) is 5.71. The molecule has 0 amide bonds. The molecule has 186 valence electrons. The van der Waals surface area contributed by atoms with Crippen LogP contribution in [0.4, 0.5) is 10.1 Å². The van der Waals surface area contributed by atoms with Gasteiger partial charge in [-0.1, -0.05) is 6.07 Å². The lowest BCUT2D eigenvalue weighted by atomic mass is 9.94. The Morgan fingerprint density at radius 1 is 1.28 bits per heavy atom. The number of allylic oxidation sites excluding steroid dienone is 1. The van der Waals surface area contributed by atoms with Crippen molar-refractivity contribution < 1.29 is 13.9 Å². The number of ether oxygens (including phenoxy) is 1. The van der Waals surface area contributed by atoms with E-state index >= 15 is 4.39 Å². The second-order valence-electron chi connectivity index (χ2n) is 10.00. The van der Waals surface area contributed by atoms with E-state index in [1.807, 2.05) is 10.6 Å². The number of rotatable bonds is 6. The van der Waals surface area contributed by atoms with Gasteiger partial charge < -0.3 is 19.5 Å². The van der Waals surface area contributed by atoms with Gasteiger partial charge in [-0.15, -0.1) is 0 Å². The average Bonchev–Trinajstić information content (AvgIpc) is 3.65. The number of anilines is 1. The number of halogens is 1. The predicted molar refractivity (Wildman–Crippen MR) is 137 cm³/mol. The highest BCUT2D eigenvalue weighted by atomic mass is 19.1. The van der Waals surface area contributed by atoms with E-state index in [9.17, 15) is 9.59 Å². The summed E-state index contributed by atoms with van der Waals surface area (Å²) in [6, 6.07) is 5.38. The highest BCUT2D eigenvalue weighted by molar-refractivity contribution is 6.08. The number of hydrogen-bond donors (Lipinski definition) is 1. The van der Waals surface area contributed by atoms with E-state index in [0.29, 0.717) is 35.5 Å². The number of carbonyl (C=O) groups is 1. The van der Waals surface area contributed by atoms with Gasteiger partial charge in [0.15, 0.2) is 17.3 Å². The summed E-state index contributed by atoms with van der Waals surface area (Å²) in [6.07, 6.45) is 12.0. The van der Waals surface area contributed by atoms with Crippen molar-refractivity contribution in [1.29, 1.82) is 0 Å². The molecule has 0 spiro atoms. The Morgan fingerprint density at radius 2 is 2.14 bits per heavy atom. The van der Waals surface area contributed by atoms with Crippen molar-refractivity contribution in [3.63, 3.8) is 0 Å². The summed E-state index contributed by atoms with van der Waals surface area (Å²) in [5.74, 6) is -0.0698. The van der Waals surface area contributed by atoms with Gasteiger partial charge in [0, 0.05) is 43.8 Å². The van der Waals surface area contributed by atoms with Crippen molar-refractivity contribution >= 4 is 28.4 Å². The van der Waals surface area contributed by atoms with Crippen LogP contribution in [0.3, 0.4) is 0 Å². The third kappa shape index (κ3) is 3.99. The number of benzene rings is 1. The van der Waals surface area contributed by atoms with Crippen molar-refractivity contribution in [1.82, 2.24) is 14.9 Å². The molecule has 6 rings (SSSR count). The molecule has 0 bridgehead atoms. The monoisotopic (exact) mass is 488 g/mol. The Hall–Kier alpha value is -3.52. The molecule has 1 aromatic carbocycles. The number of methoxy groups -OCH3 is 1. The van der Waals surface area contributed by atoms with E-state index in [4.69, 9.17) is 4.74 Å². The van der Waals surface area contributed by atoms with Crippen LogP contribution in [-0.2, 0) is 0 Å². The lowest BCUT2D eigenvalue weighted by Gasteiger charge is -2.25. The minimum absolute atomic E-state index is 0.0279. The maximum atomic E-state index is 15.7. The highest BCUT2D eigenvalue weighted by Gasteiger charge is 2.38. The van der Waals surface area contributed by atoms with Crippen LogP contribution in [0.5, 0.6) is 5.75 Å². The number of carbonyl (C=O) groups excluding carboxylic acids is 1. The highest BCUT2D eigenvalue weighted by Crippen LogP contribution is 2.45. The summed E-state index contributed by atoms with van der Waals surface area (Å²) < 4.78 is 23.5. The summed E-state index contributed by atoms with van der Waals surface area (Å²) in [4.78, 5) is 32.7. The Bertz CT molecular complexity index is 1400. The number of nitrogens with one attached hydrogen (secondary N) is 1. The van der Waals surface area contributed by atoms with Crippen LogP contribution in [0.1, 0.15) is 47.6 Å². The van der Waals surface area contributed by atoms with Crippen LogP contribution in [0, 0.1) is 11.7 Å². The van der Waals surface area contributed by atoms with E-state index in [2.05, 4.69) is 15.2 Å². The van der Waals surface area contributed by atoms with E-state index in [0.717, 1.165) is 44.3 Å². The van der Waals surface area contributed by atoms with Gasteiger partial charge in [0.2, 0.25) is 5.43 Å². The second kappa shape index (κ2) is 9.17. The van der Waals surface area contributed by atoms with Gasteiger partial charge in [0.25, 0.3) is 0 Å². The van der Waals surface area contributed by atoms with Crippen molar-refractivity contribution in [3.8, 4) is 5.75 Å². The Kier molecular flexibility index (Phi) is 5.84. The molecule has 2 saturated heterocycles. The van der Waals surface area contributed by atoms with Crippen LogP contribution in [0.15, 0.2) is 47.7 Å². The zero-order valence-electron chi connectivity index (χ0n) is 20.2. The molecule has 2 aliphatic heterocycles. The summed E-state index contributed by atoms with van der Waals surface area (Å²) >= 11 is 0. The van der Waals surface area contributed by atoms with E-state index in [-0.39, 0.29) is 17.0 Å². The topological polar surface area (TPSA) is 76.5 Å². The first-order valence-corrected chi connectivity index (χ1v) is 12.6. The molecule has 0 radical (unpaired) electrons. The number of nitrogens with zero attached hydrogens (tertiary/aromatic N) is 3. The molecule has 2 aromatic heterocycles. The molecule has 36 heavy (non-hydrogen) atoms. The summed E-state index contributed by atoms with van der Waals surface area (Å²) in [6.45, 7) is 2.44.